The summed E-state index contributed by atoms with van der Waals surface area (Å²) in [5, 5.41) is 27.1. The van der Waals surface area contributed by atoms with Gasteiger partial charge in [0, 0.05) is 0 Å². The molecule has 0 atom stereocenters. The van der Waals surface area contributed by atoms with Crippen LogP contribution in [0.25, 0.3) is 0 Å². The summed E-state index contributed by atoms with van der Waals surface area (Å²) in [5.74, 6) is -1.33. The second-order valence-corrected chi connectivity index (χ2v) is 2.41. The molecule has 1 aromatic carbocycles. The molecule has 13 heavy (non-hydrogen) atoms. The summed E-state index contributed by atoms with van der Waals surface area (Å²) in [5.41, 5.74) is 0.495. The van der Waals surface area contributed by atoms with Gasteiger partial charge >= 0.3 is 0 Å². The molecule has 0 heterocycles. The number of benzene rings is 1. The lowest BCUT2D eigenvalue weighted by molar-refractivity contribution is -0.282. The van der Waals surface area contributed by atoms with Gasteiger partial charge in [-0.2, -0.15) is 0 Å². The summed E-state index contributed by atoms with van der Waals surface area (Å²) >= 11 is 0. The van der Waals surface area contributed by atoms with Crippen LogP contribution in [0.4, 0.5) is 0 Å². The maximum atomic E-state index is 9.07. The van der Waals surface area contributed by atoms with E-state index in [1.807, 2.05) is 0 Å². The lowest BCUT2D eigenvalue weighted by Crippen LogP contribution is -1.90. The van der Waals surface area contributed by atoms with E-state index in [0.717, 1.165) is 0 Å². The van der Waals surface area contributed by atoms with E-state index < -0.39 is 17.2 Å². The normalized spacial score (nSPS) is 10.2. The lowest BCUT2D eigenvalue weighted by Gasteiger charge is -2.04. The largest absolute Gasteiger partial charge is 0.504 e. The number of rotatable bonds is 3. The van der Waals surface area contributed by atoms with Crippen LogP contribution in [-0.2, 0) is 16.4 Å². The second kappa shape index (κ2) is 3.97. The highest BCUT2D eigenvalue weighted by Gasteiger charge is 2.07. The molecule has 5 heteroatoms. The van der Waals surface area contributed by atoms with Gasteiger partial charge in [-0.1, -0.05) is 0 Å². The number of hydrogen-bond donors (Lipinski definition) is 3. The lowest BCUT2D eigenvalue weighted by atomic mass is 10.2. The fraction of sp³-hybridized carbons (Fsp3) is 0.250. The Balaban J connectivity index is 2.86. The van der Waals surface area contributed by atoms with Crippen molar-refractivity contribution in [3.8, 4) is 17.2 Å². The molecule has 0 unspecified atom stereocenters. The molecule has 1 rings (SSSR count). The topological polar surface area (TPSA) is 79.2 Å². The predicted molar refractivity (Wildman–Crippen MR) is 43.2 cm³/mol. The van der Waals surface area contributed by atoms with Gasteiger partial charge < -0.3 is 15.3 Å². The number of aromatic hydroxyl groups is 3. The Morgan fingerprint density at radius 1 is 1.15 bits per heavy atom. The summed E-state index contributed by atoms with van der Waals surface area (Å²) in [6.07, 6.45) is 0. The number of phenols is 3. The van der Waals surface area contributed by atoms with Crippen LogP contribution < -0.4 is 0 Å². The third kappa shape index (κ3) is 2.24. The Kier molecular flexibility index (Phi) is 2.94. The van der Waals surface area contributed by atoms with E-state index in [-0.39, 0.29) is 6.61 Å². The highest BCUT2D eigenvalue weighted by atomic mass is 17.2. The summed E-state index contributed by atoms with van der Waals surface area (Å²) in [6.45, 7) is 0.0813. The van der Waals surface area contributed by atoms with Crippen LogP contribution in [-0.4, -0.2) is 22.4 Å². The SMILES string of the molecule is COOCc1cc(O)c(O)c(O)c1. The average molecular weight is 186 g/mol. The van der Waals surface area contributed by atoms with Crippen molar-refractivity contribution in [2.45, 2.75) is 6.61 Å². The van der Waals surface area contributed by atoms with E-state index in [4.69, 9.17) is 15.3 Å². The maximum Gasteiger partial charge on any atom is 0.200 e. The molecule has 0 aromatic heterocycles. The second-order valence-electron chi connectivity index (χ2n) is 2.41. The minimum atomic E-state index is -0.541. The third-order valence-electron chi connectivity index (χ3n) is 1.47. The van der Waals surface area contributed by atoms with Crippen molar-refractivity contribution < 1.29 is 25.1 Å². The molecular weight excluding hydrogens is 176 g/mol. The molecule has 1 aromatic rings. The molecule has 0 saturated heterocycles. The molecule has 0 bridgehead atoms. The summed E-state index contributed by atoms with van der Waals surface area (Å²) < 4.78 is 0. The molecular formula is C8H10O5. The van der Waals surface area contributed by atoms with Crippen LogP contribution >= 0.6 is 0 Å². The minimum Gasteiger partial charge on any atom is -0.504 e. The van der Waals surface area contributed by atoms with Crippen molar-refractivity contribution >= 4 is 0 Å². The molecule has 0 spiro atoms. The molecule has 0 aliphatic rings. The molecule has 5 nitrogen and oxygen atoms in total. The van der Waals surface area contributed by atoms with Crippen LogP contribution in [0.2, 0.25) is 0 Å². The van der Waals surface area contributed by atoms with Crippen LogP contribution in [0.3, 0.4) is 0 Å². The summed E-state index contributed by atoms with van der Waals surface area (Å²) in [4.78, 5) is 8.90. The Hall–Kier alpha value is -1.46. The quantitative estimate of drug-likeness (QED) is 0.371. The van der Waals surface area contributed by atoms with Gasteiger partial charge in [0.05, 0.1) is 7.11 Å². The van der Waals surface area contributed by atoms with Crippen molar-refractivity contribution in [2.24, 2.45) is 0 Å². The van der Waals surface area contributed by atoms with Gasteiger partial charge in [0.2, 0.25) is 0 Å². The smallest absolute Gasteiger partial charge is 0.200 e. The van der Waals surface area contributed by atoms with E-state index in [1.165, 1.54) is 19.2 Å². The summed E-state index contributed by atoms with van der Waals surface area (Å²) in [7, 11) is 1.35. The van der Waals surface area contributed by atoms with Gasteiger partial charge in [-0.15, -0.1) is 0 Å². The molecule has 0 saturated carbocycles. The van der Waals surface area contributed by atoms with Crippen LogP contribution in [0.1, 0.15) is 5.56 Å². The Morgan fingerprint density at radius 3 is 2.15 bits per heavy atom. The summed E-state index contributed by atoms with van der Waals surface area (Å²) in [6, 6.07) is 2.54. The monoisotopic (exact) mass is 186 g/mol. The van der Waals surface area contributed by atoms with E-state index in [0.29, 0.717) is 5.56 Å². The van der Waals surface area contributed by atoms with Gasteiger partial charge in [0.15, 0.2) is 17.2 Å². The first-order chi connectivity index (χ1) is 6.15. The predicted octanol–water partition coefficient (Wildman–Crippen LogP) is 0.881. The van der Waals surface area contributed by atoms with Crippen LogP contribution in [0.15, 0.2) is 12.1 Å². The third-order valence-corrected chi connectivity index (χ3v) is 1.47. The fourth-order valence-corrected chi connectivity index (χ4v) is 0.871. The van der Waals surface area contributed by atoms with Crippen molar-refractivity contribution in [1.82, 2.24) is 0 Å². The van der Waals surface area contributed by atoms with Crippen LogP contribution in [0.5, 0.6) is 17.2 Å². The average Bonchev–Trinajstić information content (AvgIpc) is 2.10. The Morgan fingerprint density at radius 2 is 1.69 bits per heavy atom. The molecule has 0 radical (unpaired) electrons. The number of phenolic OH excluding ortho intramolecular Hbond substituents is 3. The first kappa shape index (κ1) is 9.63. The highest BCUT2D eigenvalue weighted by molar-refractivity contribution is 5.50. The number of hydrogen-bond acceptors (Lipinski definition) is 5. The van der Waals surface area contributed by atoms with Crippen molar-refractivity contribution in [3.05, 3.63) is 17.7 Å². The highest BCUT2D eigenvalue weighted by Crippen LogP contribution is 2.35. The fourth-order valence-electron chi connectivity index (χ4n) is 0.871. The molecule has 72 valence electrons. The molecule has 0 amide bonds. The van der Waals surface area contributed by atoms with E-state index in [9.17, 15) is 0 Å². The maximum absolute atomic E-state index is 9.07. The first-order valence-electron chi connectivity index (χ1n) is 3.54. The van der Waals surface area contributed by atoms with Crippen molar-refractivity contribution in [3.63, 3.8) is 0 Å². The van der Waals surface area contributed by atoms with Crippen LogP contribution in [0, 0.1) is 0 Å². The Bertz CT molecular complexity index is 274. The standard InChI is InChI=1S/C8H10O5/c1-12-13-4-5-2-6(9)8(11)7(10)3-5/h2-3,9-11H,4H2,1H3. The zero-order valence-electron chi connectivity index (χ0n) is 7.02. The van der Waals surface area contributed by atoms with Crippen molar-refractivity contribution in [2.75, 3.05) is 7.11 Å². The van der Waals surface area contributed by atoms with Gasteiger partial charge in [0.25, 0.3) is 0 Å². The van der Waals surface area contributed by atoms with E-state index in [2.05, 4.69) is 9.78 Å². The minimum absolute atomic E-state index is 0.0813. The molecule has 0 fully saturated rings. The molecule has 0 aliphatic heterocycles. The van der Waals surface area contributed by atoms with E-state index >= 15 is 0 Å². The zero-order chi connectivity index (χ0) is 9.84. The van der Waals surface area contributed by atoms with Gasteiger partial charge in [0.1, 0.15) is 6.61 Å². The molecule has 0 aliphatic carbocycles. The van der Waals surface area contributed by atoms with Gasteiger partial charge in [-0.25, -0.2) is 9.78 Å². The van der Waals surface area contributed by atoms with Gasteiger partial charge in [-0.3, -0.25) is 0 Å². The zero-order valence-corrected chi connectivity index (χ0v) is 7.02. The van der Waals surface area contributed by atoms with Crippen molar-refractivity contribution in [1.29, 1.82) is 0 Å². The van der Waals surface area contributed by atoms with E-state index in [1.54, 1.807) is 0 Å². The molecule has 3 N–H and O–H groups in total. The first-order valence-corrected chi connectivity index (χ1v) is 3.54. The van der Waals surface area contributed by atoms with Gasteiger partial charge in [-0.05, 0) is 17.7 Å². The Labute approximate surface area is 74.7 Å².